The lowest BCUT2D eigenvalue weighted by Crippen LogP contribution is -2.27. The molecule has 0 spiro atoms. The highest BCUT2D eigenvalue weighted by molar-refractivity contribution is 6.10. The van der Waals surface area contributed by atoms with Crippen molar-refractivity contribution in [2.75, 3.05) is 0 Å². The summed E-state index contributed by atoms with van der Waals surface area (Å²) in [5.41, 5.74) is 6.46. The lowest BCUT2D eigenvalue weighted by molar-refractivity contribution is -0.121. The molecule has 0 saturated carbocycles. The number of hydrogen-bond acceptors (Lipinski definition) is 2. The van der Waals surface area contributed by atoms with E-state index in [0.717, 1.165) is 33.2 Å². The van der Waals surface area contributed by atoms with Gasteiger partial charge < -0.3 is 0 Å². The van der Waals surface area contributed by atoms with Gasteiger partial charge in [-0.15, -0.1) is 0 Å². The van der Waals surface area contributed by atoms with Crippen molar-refractivity contribution in [3.05, 3.63) is 120 Å². The Balaban J connectivity index is 1.64. The number of fused-ring (bicyclic) bond motifs is 1. The lowest BCUT2D eigenvalue weighted by atomic mass is 9.91. The van der Waals surface area contributed by atoms with Crippen LogP contribution >= 0.6 is 0 Å². The standard InChI is InChI=1S/C26H22N2O/c1-19(23-18-10-16-20-11-8-9-17-24(20)23)27-28-26(29)25(21-12-4-2-5-13-21)22-14-6-3-7-15-22/h2-18,25H,1H3,(H,28,29)/b27-19-. The molecule has 0 atom stereocenters. The zero-order chi connectivity index (χ0) is 20.1. The van der Waals surface area contributed by atoms with Crippen molar-refractivity contribution in [2.45, 2.75) is 12.8 Å². The summed E-state index contributed by atoms with van der Waals surface area (Å²) in [6.07, 6.45) is 0. The molecule has 4 aromatic carbocycles. The number of rotatable bonds is 5. The van der Waals surface area contributed by atoms with E-state index < -0.39 is 5.92 Å². The van der Waals surface area contributed by atoms with E-state index in [1.807, 2.05) is 91.9 Å². The molecule has 0 aliphatic heterocycles. The van der Waals surface area contributed by atoms with E-state index in [-0.39, 0.29) is 5.91 Å². The van der Waals surface area contributed by atoms with Crippen LogP contribution in [0, 0.1) is 0 Å². The summed E-state index contributed by atoms with van der Waals surface area (Å²) >= 11 is 0. The van der Waals surface area contributed by atoms with Crippen LogP contribution < -0.4 is 5.43 Å². The van der Waals surface area contributed by atoms with Gasteiger partial charge in [0, 0.05) is 5.56 Å². The van der Waals surface area contributed by atoms with Crippen molar-refractivity contribution < 1.29 is 4.79 Å². The van der Waals surface area contributed by atoms with Gasteiger partial charge in [-0.3, -0.25) is 4.79 Å². The van der Waals surface area contributed by atoms with Crippen molar-refractivity contribution in [3.63, 3.8) is 0 Å². The smallest absolute Gasteiger partial charge is 0.252 e. The van der Waals surface area contributed by atoms with Crippen molar-refractivity contribution in [2.24, 2.45) is 5.10 Å². The van der Waals surface area contributed by atoms with Gasteiger partial charge in [0.05, 0.1) is 11.6 Å². The first-order valence-electron chi connectivity index (χ1n) is 9.66. The molecule has 1 amide bonds. The molecule has 4 rings (SSSR count). The van der Waals surface area contributed by atoms with Crippen molar-refractivity contribution in [3.8, 4) is 0 Å². The molecular weight excluding hydrogens is 356 g/mol. The summed E-state index contributed by atoms with van der Waals surface area (Å²) in [6, 6.07) is 33.9. The van der Waals surface area contributed by atoms with Gasteiger partial charge in [-0.25, -0.2) is 5.43 Å². The Morgan fingerprint density at radius 1 is 0.724 bits per heavy atom. The molecule has 0 heterocycles. The minimum atomic E-state index is -0.415. The lowest BCUT2D eigenvalue weighted by Gasteiger charge is -2.16. The topological polar surface area (TPSA) is 41.5 Å². The second-order valence-electron chi connectivity index (χ2n) is 6.95. The molecule has 0 radical (unpaired) electrons. The summed E-state index contributed by atoms with van der Waals surface area (Å²) in [5, 5.41) is 6.70. The molecule has 0 aliphatic rings. The van der Waals surface area contributed by atoms with Crippen LogP contribution in [0.2, 0.25) is 0 Å². The van der Waals surface area contributed by atoms with Crippen molar-refractivity contribution >= 4 is 22.4 Å². The number of benzene rings is 4. The van der Waals surface area contributed by atoms with E-state index in [1.54, 1.807) is 0 Å². The first-order valence-corrected chi connectivity index (χ1v) is 9.66. The summed E-state index contributed by atoms with van der Waals surface area (Å²) in [5.74, 6) is -0.566. The van der Waals surface area contributed by atoms with Gasteiger partial charge in [0.25, 0.3) is 5.91 Å². The van der Waals surface area contributed by atoms with Crippen LogP contribution in [0.25, 0.3) is 10.8 Å². The highest BCUT2D eigenvalue weighted by Crippen LogP contribution is 2.25. The van der Waals surface area contributed by atoms with Crippen molar-refractivity contribution in [1.29, 1.82) is 0 Å². The summed E-state index contributed by atoms with van der Waals surface area (Å²) in [6.45, 7) is 1.92. The zero-order valence-corrected chi connectivity index (χ0v) is 16.2. The van der Waals surface area contributed by atoms with Crippen LogP contribution in [-0.2, 0) is 4.79 Å². The second kappa shape index (κ2) is 8.53. The fourth-order valence-corrected chi connectivity index (χ4v) is 3.59. The van der Waals surface area contributed by atoms with Gasteiger partial charge in [0.15, 0.2) is 0 Å². The number of carbonyl (C=O) groups excluding carboxylic acids is 1. The van der Waals surface area contributed by atoms with Crippen LogP contribution in [-0.4, -0.2) is 11.6 Å². The summed E-state index contributed by atoms with van der Waals surface area (Å²) in [4.78, 5) is 13.1. The number of nitrogens with zero attached hydrogens (tertiary/aromatic N) is 1. The van der Waals surface area contributed by atoms with E-state index >= 15 is 0 Å². The van der Waals surface area contributed by atoms with Crippen LogP contribution in [0.15, 0.2) is 108 Å². The zero-order valence-electron chi connectivity index (χ0n) is 16.2. The fraction of sp³-hybridized carbons (Fsp3) is 0.0769. The third kappa shape index (κ3) is 4.09. The molecule has 1 N–H and O–H groups in total. The Morgan fingerprint density at radius 2 is 1.28 bits per heavy atom. The molecule has 0 aromatic heterocycles. The van der Waals surface area contributed by atoms with E-state index in [4.69, 9.17) is 0 Å². The predicted molar refractivity (Wildman–Crippen MR) is 119 cm³/mol. The van der Waals surface area contributed by atoms with E-state index in [2.05, 4.69) is 28.7 Å². The summed E-state index contributed by atoms with van der Waals surface area (Å²) in [7, 11) is 0. The third-order valence-electron chi connectivity index (χ3n) is 5.04. The Hall–Kier alpha value is -3.72. The molecule has 29 heavy (non-hydrogen) atoms. The van der Waals surface area contributed by atoms with Gasteiger partial charge in [0.1, 0.15) is 0 Å². The quantitative estimate of drug-likeness (QED) is 0.361. The van der Waals surface area contributed by atoms with Crippen LogP contribution in [0.1, 0.15) is 29.5 Å². The number of amides is 1. The Morgan fingerprint density at radius 3 is 1.93 bits per heavy atom. The molecule has 0 bridgehead atoms. The van der Waals surface area contributed by atoms with Crippen molar-refractivity contribution in [1.82, 2.24) is 5.43 Å². The number of hydrazone groups is 1. The highest BCUT2D eigenvalue weighted by Gasteiger charge is 2.22. The molecule has 142 valence electrons. The predicted octanol–water partition coefficient (Wildman–Crippen LogP) is 5.51. The number of carbonyl (C=O) groups is 1. The maximum absolute atomic E-state index is 13.1. The maximum Gasteiger partial charge on any atom is 0.252 e. The molecular formula is C26H22N2O. The van der Waals surface area contributed by atoms with Crippen LogP contribution in [0.3, 0.4) is 0 Å². The van der Waals surface area contributed by atoms with Gasteiger partial charge in [-0.2, -0.15) is 5.10 Å². The monoisotopic (exact) mass is 378 g/mol. The third-order valence-corrected chi connectivity index (χ3v) is 5.04. The average Bonchev–Trinajstić information content (AvgIpc) is 2.79. The van der Waals surface area contributed by atoms with E-state index in [1.165, 1.54) is 0 Å². The van der Waals surface area contributed by atoms with Gasteiger partial charge in [-0.1, -0.05) is 103 Å². The molecule has 4 aromatic rings. The molecule has 0 fully saturated rings. The SMILES string of the molecule is C/C(=N/NC(=O)C(c1ccccc1)c1ccccc1)c1cccc2ccccc12. The normalized spacial score (nSPS) is 11.6. The number of nitrogens with one attached hydrogen (secondary N) is 1. The Kier molecular flexibility index (Phi) is 5.48. The maximum atomic E-state index is 13.1. The first kappa shape index (κ1) is 18.6. The Bertz CT molecular complexity index is 1110. The van der Waals surface area contributed by atoms with E-state index in [9.17, 15) is 4.79 Å². The van der Waals surface area contributed by atoms with Gasteiger partial charge in [-0.05, 0) is 28.8 Å². The molecule has 3 heteroatoms. The molecule has 0 aliphatic carbocycles. The molecule has 0 unspecified atom stereocenters. The Labute approximate surface area is 170 Å². The second-order valence-corrected chi connectivity index (χ2v) is 6.95. The largest absolute Gasteiger partial charge is 0.272 e. The van der Waals surface area contributed by atoms with Crippen LogP contribution in [0.4, 0.5) is 0 Å². The minimum absolute atomic E-state index is 0.151. The molecule has 3 nitrogen and oxygen atoms in total. The van der Waals surface area contributed by atoms with Gasteiger partial charge in [0.2, 0.25) is 0 Å². The molecule has 0 saturated heterocycles. The minimum Gasteiger partial charge on any atom is -0.272 e. The van der Waals surface area contributed by atoms with E-state index in [0.29, 0.717) is 0 Å². The van der Waals surface area contributed by atoms with Gasteiger partial charge >= 0.3 is 0 Å². The number of hydrogen-bond donors (Lipinski definition) is 1. The highest BCUT2D eigenvalue weighted by atomic mass is 16.2. The average molecular weight is 378 g/mol. The summed E-state index contributed by atoms with van der Waals surface area (Å²) < 4.78 is 0. The fourth-order valence-electron chi connectivity index (χ4n) is 3.59. The van der Waals surface area contributed by atoms with Crippen LogP contribution in [0.5, 0.6) is 0 Å². The first-order chi connectivity index (χ1) is 14.2.